The second-order valence-corrected chi connectivity index (χ2v) is 8.23. The zero-order valence-corrected chi connectivity index (χ0v) is 19.0. The van der Waals surface area contributed by atoms with Crippen molar-refractivity contribution < 1.29 is 24.3 Å². The molecule has 3 atom stereocenters. The minimum Gasteiger partial charge on any atom is -0.480 e. The molecule has 0 radical (unpaired) electrons. The lowest BCUT2D eigenvalue weighted by atomic mass is 10.0. The predicted molar refractivity (Wildman–Crippen MR) is 120 cm³/mol. The van der Waals surface area contributed by atoms with Gasteiger partial charge in [-0.05, 0) is 37.2 Å². The summed E-state index contributed by atoms with van der Waals surface area (Å²) >= 11 is 1.48. The molecule has 0 aliphatic heterocycles. The van der Waals surface area contributed by atoms with E-state index in [1.165, 1.54) is 11.8 Å². The standard InChI is InChI=1S/C18H35N7O5S/c1-10(2)14(25-15(28)11(19)5-4-7-22-18(20)21)17(30)24-12(6-8-31-3)16(29)23-9-13(26)27/h10-12,14H,4-9,19H2,1-3H3,(H,23,29)(H,24,30)(H,25,28)(H,26,27)(H4,20,21,22). The van der Waals surface area contributed by atoms with E-state index in [9.17, 15) is 19.2 Å². The number of thioether (sulfide) groups is 1. The third-order valence-electron chi connectivity index (χ3n) is 4.21. The smallest absolute Gasteiger partial charge is 0.322 e. The molecule has 0 bridgehead atoms. The first-order valence-corrected chi connectivity index (χ1v) is 11.3. The quantitative estimate of drug-likeness (QED) is 0.0810. The lowest BCUT2D eigenvalue weighted by Crippen LogP contribution is -2.57. The van der Waals surface area contributed by atoms with Gasteiger partial charge in [0, 0.05) is 6.54 Å². The lowest BCUT2D eigenvalue weighted by Gasteiger charge is -2.26. The van der Waals surface area contributed by atoms with Crippen molar-refractivity contribution in [3.05, 3.63) is 0 Å². The average Bonchev–Trinajstić information content (AvgIpc) is 2.69. The molecular weight excluding hydrogens is 426 g/mol. The highest BCUT2D eigenvalue weighted by atomic mass is 32.2. The average molecular weight is 462 g/mol. The number of hydrogen-bond acceptors (Lipinski definition) is 7. The summed E-state index contributed by atoms with van der Waals surface area (Å²) in [5.41, 5.74) is 16.4. The second kappa shape index (κ2) is 15.3. The number of aliphatic carboxylic acids is 1. The first kappa shape index (κ1) is 28.5. The molecule has 178 valence electrons. The molecule has 13 heteroatoms. The van der Waals surface area contributed by atoms with Crippen LogP contribution in [0.5, 0.6) is 0 Å². The van der Waals surface area contributed by atoms with Crippen molar-refractivity contribution in [2.75, 3.05) is 25.1 Å². The highest BCUT2D eigenvalue weighted by Gasteiger charge is 2.29. The second-order valence-electron chi connectivity index (χ2n) is 7.24. The maximum atomic E-state index is 12.8. The number of nitrogens with zero attached hydrogens (tertiary/aromatic N) is 1. The summed E-state index contributed by atoms with van der Waals surface area (Å²) in [6.45, 7) is 3.27. The molecule has 0 saturated carbocycles. The number of amides is 3. The van der Waals surface area contributed by atoms with Crippen LogP contribution in [0.3, 0.4) is 0 Å². The van der Waals surface area contributed by atoms with Gasteiger partial charge >= 0.3 is 5.97 Å². The number of nitrogens with two attached hydrogens (primary N) is 3. The minimum absolute atomic E-state index is 0.0435. The maximum Gasteiger partial charge on any atom is 0.322 e. The molecule has 0 aromatic rings. The first-order chi connectivity index (χ1) is 14.5. The molecule has 10 N–H and O–H groups in total. The normalized spacial score (nSPS) is 13.6. The van der Waals surface area contributed by atoms with Crippen LogP contribution >= 0.6 is 11.8 Å². The molecule has 0 spiro atoms. The molecule has 0 heterocycles. The van der Waals surface area contributed by atoms with Gasteiger partial charge in [0.15, 0.2) is 5.96 Å². The van der Waals surface area contributed by atoms with Gasteiger partial charge in [0.1, 0.15) is 18.6 Å². The Balaban J connectivity index is 5.00. The van der Waals surface area contributed by atoms with Crippen molar-refractivity contribution in [1.82, 2.24) is 16.0 Å². The van der Waals surface area contributed by atoms with Gasteiger partial charge in [0.05, 0.1) is 6.04 Å². The minimum atomic E-state index is -1.19. The maximum absolute atomic E-state index is 12.8. The number of carbonyl (C=O) groups excluding carboxylic acids is 3. The van der Waals surface area contributed by atoms with Crippen molar-refractivity contribution in [1.29, 1.82) is 0 Å². The van der Waals surface area contributed by atoms with Crippen molar-refractivity contribution in [3.8, 4) is 0 Å². The van der Waals surface area contributed by atoms with Crippen LogP contribution in [-0.4, -0.2) is 78.0 Å². The van der Waals surface area contributed by atoms with E-state index in [2.05, 4.69) is 20.9 Å². The van der Waals surface area contributed by atoms with E-state index < -0.39 is 48.4 Å². The zero-order valence-electron chi connectivity index (χ0n) is 18.2. The fourth-order valence-electron chi connectivity index (χ4n) is 2.50. The molecule has 0 saturated heterocycles. The molecule has 0 aromatic carbocycles. The number of nitrogens with one attached hydrogen (secondary N) is 3. The van der Waals surface area contributed by atoms with Crippen LogP contribution in [0.1, 0.15) is 33.1 Å². The van der Waals surface area contributed by atoms with Crippen LogP contribution in [0.25, 0.3) is 0 Å². The highest BCUT2D eigenvalue weighted by molar-refractivity contribution is 7.98. The zero-order chi connectivity index (χ0) is 24.0. The molecule has 3 unspecified atom stereocenters. The van der Waals surface area contributed by atoms with Crippen LogP contribution in [0.15, 0.2) is 4.99 Å². The van der Waals surface area contributed by atoms with E-state index in [0.29, 0.717) is 31.6 Å². The number of hydrogen-bond donors (Lipinski definition) is 7. The molecule has 3 amide bonds. The van der Waals surface area contributed by atoms with Gasteiger partial charge in [-0.2, -0.15) is 11.8 Å². The Labute approximate surface area is 186 Å². The number of aliphatic imine (C=N–C) groups is 1. The van der Waals surface area contributed by atoms with Gasteiger partial charge in [0.2, 0.25) is 17.7 Å². The van der Waals surface area contributed by atoms with Crippen molar-refractivity contribution in [2.24, 2.45) is 28.1 Å². The van der Waals surface area contributed by atoms with E-state index in [4.69, 9.17) is 22.3 Å². The Bertz CT molecular complexity index is 641. The van der Waals surface area contributed by atoms with Crippen molar-refractivity contribution in [3.63, 3.8) is 0 Å². The molecular formula is C18H35N7O5S. The Morgan fingerprint density at radius 2 is 1.68 bits per heavy atom. The fraction of sp³-hybridized carbons (Fsp3) is 0.722. The molecule has 12 nitrogen and oxygen atoms in total. The number of rotatable bonds is 15. The Hall–Kier alpha value is -2.54. The monoisotopic (exact) mass is 461 g/mol. The van der Waals surface area contributed by atoms with Crippen molar-refractivity contribution in [2.45, 2.75) is 51.2 Å². The van der Waals surface area contributed by atoms with Crippen molar-refractivity contribution >= 4 is 41.4 Å². The van der Waals surface area contributed by atoms with Crippen LogP contribution in [0, 0.1) is 5.92 Å². The van der Waals surface area contributed by atoms with Gasteiger partial charge in [-0.3, -0.25) is 24.2 Å². The van der Waals surface area contributed by atoms with E-state index in [0.717, 1.165) is 0 Å². The van der Waals surface area contributed by atoms with Crippen LogP contribution in [-0.2, 0) is 19.2 Å². The van der Waals surface area contributed by atoms with E-state index >= 15 is 0 Å². The van der Waals surface area contributed by atoms with Gasteiger partial charge in [-0.25, -0.2) is 0 Å². The first-order valence-electron chi connectivity index (χ1n) is 9.89. The SMILES string of the molecule is CSCCC(NC(=O)C(NC(=O)C(N)CCCN=C(N)N)C(C)C)C(=O)NCC(=O)O. The molecule has 31 heavy (non-hydrogen) atoms. The largest absolute Gasteiger partial charge is 0.480 e. The lowest BCUT2D eigenvalue weighted by molar-refractivity contribution is -0.138. The Morgan fingerprint density at radius 1 is 1.03 bits per heavy atom. The van der Waals surface area contributed by atoms with E-state index in [1.54, 1.807) is 13.8 Å². The number of carbonyl (C=O) groups is 4. The fourth-order valence-corrected chi connectivity index (χ4v) is 2.97. The third kappa shape index (κ3) is 12.7. The summed E-state index contributed by atoms with van der Waals surface area (Å²) < 4.78 is 0. The molecule has 0 aliphatic carbocycles. The summed E-state index contributed by atoms with van der Waals surface area (Å²) in [6.07, 6.45) is 2.97. The molecule has 0 aliphatic rings. The summed E-state index contributed by atoms with van der Waals surface area (Å²) in [7, 11) is 0. The van der Waals surface area contributed by atoms with Gasteiger partial charge in [-0.15, -0.1) is 0 Å². The summed E-state index contributed by atoms with van der Waals surface area (Å²) in [4.78, 5) is 52.0. The molecule has 0 fully saturated rings. The highest BCUT2D eigenvalue weighted by Crippen LogP contribution is 2.07. The van der Waals surface area contributed by atoms with Gasteiger partial charge in [-0.1, -0.05) is 13.8 Å². The molecule has 0 rings (SSSR count). The third-order valence-corrected chi connectivity index (χ3v) is 4.85. The van der Waals surface area contributed by atoms with E-state index in [1.807, 2.05) is 6.26 Å². The van der Waals surface area contributed by atoms with E-state index in [-0.39, 0.29) is 11.9 Å². The Morgan fingerprint density at radius 3 is 2.19 bits per heavy atom. The number of carboxylic acids is 1. The van der Waals surface area contributed by atoms with Crippen LogP contribution < -0.4 is 33.2 Å². The van der Waals surface area contributed by atoms with Crippen LogP contribution in [0.4, 0.5) is 0 Å². The summed E-state index contributed by atoms with van der Waals surface area (Å²) in [6, 6.07) is -2.69. The predicted octanol–water partition coefficient (Wildman–Crippen LogP) is -2.05. The summed E-state index contributed by atoms with van der Waals surface area (Å²) in [5.74, 6) is -2.59. The molecule has 0 aromatic heterocycles. The van der Waals surface area contributed by atoms with Gasteiger partial charge in [0.25, 0.3) is 0 Å². The topological polar surface area (TPSA) is 215 Å². The number of guanidine groups is 1. The Kier molecular flexibility index (Phi) is 14.0. The van der Waals surface area contributed by atoms with Crippen LogP contribution in [0.2, 0.25) is 0 Å². The summed E-state index contributed by atoms with van der Waals surface area (Å²) in [5, 5.41) is 16.2. The number of carboxylic acid groups (broad SMARTS) is 1. The van der Waals surface area contributed by atoms with Gasteiger partial charge < -0.3 is 38.3 Å².